The van der Waals surface area contributed by atoms with Crippen LogP contribution in [0.2, 0.25) is 0 Å². The molecule has 14 heavy (non-hydrogen) atoms. The number of aromatic nitrogens is 1. The molecule has 0 amide bonds. The maximum Gasteiger partial charge on any atom is 0.502 e. The van der Waals surface area contributed by atoms with Gasteiger partial charge in [-0.2, -0.15) is 0 Å². The number of pyridine rings is 1. The zero-order chi connectivity index (χ0) is 10.6. The Hall–Kier alpha value is -1.30. The second-order valence-electron chi connectivity index (χ2n) is 2.77. The molecule has 0 aliphatic rings. The van der Waals surface area contributed by atoms with E-state index in [2.05, 4.69) is 4.98 Å². The third-order valence-electron chi connectivity index (χ3n) is 1.56. The van der Waals surface area contributed by atoms with Crippen LogP contribution in [0.5, 0.6) is 0 Å². The maximum absolute atomic E-state index is 11.9. The van der Waals surface area contributed by atoms with E-state index in [1.165, 1.54) is 18.3 Å². The summed E-state index contributed by atoms with van der Waals surface area (Å²) < 4.78 is 35.6. The fourth-order valence-electron chi connectivity index (χ4n) is 0.932. The van der Waals surface area contributed by atoms with E-state index in [9.17, 15) is 12.9 Å². The predicted octanol–water partition coefficient (Wildman–Crippen LogP) is 1.94. The molecule has 76 valence electrons. The lowest BCUT2D eigenvalue weighted by Crippen LogP contribution is -2.09. The van der Waals surface area contributed by atoms with Gasteiger partial charge in [-0.25, -0.2) is 0 Å². The van der Waals surface area contributed by atoms with Crippen molar-refractivity contribution in [2.75, 3.05) is 0 Å². The van der Waals surface area contributed by atoms with E-state index in [4.69, 9.17) is 5.73 Å². The van der Waals surface area contributed by atoms with Gasteiger partial charge in [0.1, 0.15) is 0 Å². The van der Waals surface area contributed by atoms with Crippen molar-refractivity contribution in [2.24, 2.45) is 5.73 Å². The van der Waals surface area contributed by atoms with Gasteiger partial charge in [-0.05, 0) is 17.7 Å². The molecule has 0 bridgehead atoms. The molecule has 0 aromatic carbocycles. The van der Waals surface area contributed by atoms with Crippen LogP contribution in [-0.2, 0) is 6.54 Å². The molecule has 0 saturated carbocycles. The highest BCUT2D eigenvalue weighted by atomic mass is 19.4. The second kappa shape index (κ2) is 4.28. The predicted molar refractivity (Wildman–Crippen MR) is 50.2 cm³/mol. The molecule has 0 unspecified atom stereocenters. The van der Waals surface area contributed by atoms with Gasteiger partial charge in [0.15, 0.2) is 0 Å². The van der Waals surface area contributed by atoms with Crippen molar-refractivity contribution in [3.63, 3.8) is 0 Å². The normalized spacial score (nSPS) is 12.3. The molecule has 6 heteroatoms. The standard InChI is InChI=1S/C8H9BF3N2/c10-9(11,12)3-1-7-2-4-14-8(5-7)6-13/h1-5H,6,13H2/q-1/b3-1+. The summed E-state index contributed by atoms with van der Waals surface area (Å²) in [5.41, 5.74) is 6.32. The van der Waals surface area contributed by atoms with Crippen molar-refractivity contribution in [3.8, 4) is 0 Å². The SMILES string of the molecule is NCc1cc(/C=C/[B-](F)(F)F)ccn1. The van der Waals surface area contributed by atoms with Gasteiger partial charge in [-0.1, -0.05) is 6.08 Å². The molecule has 1 rings (SSSR count). The first-order valence-corrected chi connectivity index (χ1v) is 4.05. The zero-order valence-electron chi connectivity index (χ0n) is 7.33. The van der Waals surface area contributed by atoms with Crippen molar-refractivity contribution in [3.05, 3.63) is 35.6 Å². The summed E-state index contributed by atoms with van der Waals surface area (Å²) in [4.78, 5) is 3.87. The molecule has 0 saturated heterocycles. The van der Waals surface area contributed by atoms with Crippen molar-refractivity contribution in [1.82, 2.24) is 4.98 Å². The van der Waals surface area contributed by atoms with E-state index in [1.807, 2.05) is 0 Å². The second-order valence-corrected chi connectivity index (χ2v) is 2.77. The smallest absolute Gasteiger partial charge is 0.445 e. The molecule has 0 radical (unpaired) electrons. The van der Waals surface area contributed by atoms with E-state index >= 15 is 0 Å². The quantitative estimate of drug-likeness (QED) is 0.758. The molecule has 1 aromatic rings. The summed E-state index contributed by atoms with van der Waals surface area (Å²) in [6.45, 7) is -4.66. The Bertz CT molecular complexity index is 336. The minimum Gasteiger partial charge on any atom is -0.445 e. The highest BCUT2D eigenvalue weighted by molar-refractivity contribution is 6.64. The average molecular weight is 201 g/mol. The molecule has 1 heterocycles. The largest absolute Gasteiger partial charge is 0.502 e. The van der Waals surface area contributed by atoms with Gasteiger partial charge in [0.25, 0.3) is 0 Å². The van der Waals surface area contributed by atoms with Crippen molar-refractivity contribution >= 4 is 13.1 Å². The lowest BCUT2D eigenvalue weighted by atomic mass is 9.91. The van der Waals surface area contributed by atoms with E-state index in [-0.39, 0.29) is 12.5 Å². The van der Waals surface area contributed by atoms with Gasteiger partial charge in [-0.15, -0.1) is 5.98 Å². The topological polar surface area (TPSA) is 38.9 Å². The van der Waals surface area contributed by atoms with Gasteiger partial charge >= 0.3 is 6.98 Å². The van der Waals surface area contributed by atoms with Crippen LogP contribution in [-0.4, -0.2) is 12.0 Å². The lowest BCUT2D eigenvalue weighted by molar-refractivity contribution is 0.499. The Morgan fingerprint density at radius 1 is 1.43 bits per heavy atom. The van der Waals surface area contributed by atoms with E-state index in [0.29, 0.717) is 11.3 Å². The van der Waals surface area contributed by atoms with Crippen LogP contribution in [0.25, 0.3) is 6.08 Å². The van der Waals surface area contributed by atoms with E-state index in [1.54, 1.807) is 0 Å². The third kappa shape index (κ3) is 3.61. The van der Waals surface area contributed by atoms with Gasteiger partial charge in [0, 0.05) is 12.7 Å². The van der Waals surface area contributed by atoms with E-state index in [0.717, 1.165) is 6.08 Å². The molecular weight excluding hydrogens is 192 g/mol. The maximum atomic E-state index is 11.9. The fraction of sp³-hybridized carbons (Fsp3) is 0.125. The first-order valence-electron chi connectivity index (χ1n) is 4.05. The molecule has 0 aliphatic carbocycles. The van der Waals surface area contributed by atoms with Crippen molar-refractivity contribution < 1.29 is 12.9 Å². The lowest BCUT2D eigenvalue weighted by Gasteiger charge is -2.06. The number of halogens is 3. The van der Waals surface area contributed by atoms with Crippen LogP contribution < -0.4 is 5.73 Å². The molecule has 1 aromatic heterocycles. The fourth-order valence-corrected chi connectivity index (χ4v) is 0.932. The van der Waals surface area contributed by atoms with Crippen LogP contribution in [0, 0.1) is 0 Å². The Balaban J connectivity index is 2.82. The van der Waals surface area contributed by atoms with Crippen LogP contribution in [0.3, 0.4) is 0 Å². The van der Waals surface area contributed by atoms with Gasteiger partial charge in [0.2, 0.25) is 0 Å². The zero-order valence-corrected chi connectivity index (χ0v) is 7.33. The molecule has 0 fully saturated rings. The Morgan fingerprint density at radius 3 is 2.71 bits per heavy atom. The summed E-state index contributed by atoms with van der Waals surface area (Å²) in [6, 6.07) is 3.02. The van der Waals surface area contributed by atoms with Crippen LogP contribution in [0.15, 0.2) is 24.3 Å². The average Bonchev–Trinajstić information content (AvgIpc) is 2.14. The van der Waals surface area contributed by atoms with E-state index < -0.39 is 6.98 Å². The number of hydrogen-bond acceptors (Lipinski definition) is 2. The molecule has 0 spiro atoms. The number of hydrogen-bond donors (Lipinski definition) is 1. The van der Waals surface area contributed by atoms with Crippen LogP contribution >= 0.6 is 0 Å². The van der Waals surface area contributed by atoms with Crippen LogP contribution in [0.4, 0.5) is 12.9 Å². The highest BCUT2D eigenvalue weighted by Gasteiger charge is 2.16. The van der Waals surface area contributed by atoms with Crippen LogP contribution in [0.1, 0.15) is 11.3 Å². The third-order valence-corrected chi connectivity index (χ3v) is 1.56. The minimum atomic E-state index is -4.88. The number of nitrogens with two attached hydrogens (primary N) is 1. The summed E-state index contributed by atoms with van der Waals surface area (Å²) in [6.07, 6.45) is 2.45. The molecule has 2 N–H and O–H groups in total. The Labute approximate surface area is 79.7 Å². The summed E-state index contributed by atoms with van der Waals surface area (Å²) >= 11 is 0. The Kier molecular flexibility index (Phi) is 3.30. The van der Waals surface area contributed by atoms with Crippen molar-refractivity contribution in [1.29, 1.82) is 0 Å². The number of nitrogens with zero attached hydrogens (tertiary/aromatic N) is 1. The van der Waals surface area contributed by atoms with Gasteiger partial charge < -0.3 is 18.7 Å². The van der Waals surface area contributed by atoms with Gasteiger partial charge in [0.05, 0.1) is 5.69 Å². The molecule has 0 atom stereocenters. The molecule has 2 nitrogen and oxygen atoms in total. The molecular formula is C8H9BF3N2-. The first kappa shape index (κ1) is 10.8. The summed E-state index contributed by atoms with van der Waals surface area (Å²) in [7, 11) is 0. The summed E-state index contributed by atoms with van der Waals surface area (Å²) in [5.74, 6) is 0.246. The summed E-state index contributed by atoms with van der Waals surface area (Å²) in [5, 5.41) is 0. The molecule has 0 aliphatic heterocycles. The van der Waals surface area contributed by atoms with Crippen molar-refractivity contribution in [2.45, 2.75) is 6.54 Å². The first-order chi connectivity index (χ1) is 6.51. The number of rotatable bonds is 3. The minimum absolute atomic E-state index is 0.221. The highest BCUT2D eigenvalue weighted by Crippen LogP contribution is 2.12. The monoisotopic (exact) mass is 201 g/mol. The Morgan fingerprint density at radius 2 is 2.14 bits per heavy atom. The van der Waals surface area contributed by atoms with Gasteiger partial charge in [-0.3, -0.25) is 4.98 Å².